The van der Waals surface area contributed by atoms with Gasteiger partial charge in [0, 0.05) is 0 Å². The Morgan fingerprint density at radius 1 is 1.37 bits per heavy atom. The van der Waals surface area contributed by atoms with Crippen LogP contribution in [0.4, 0.5) is 5.95 Å². The van der Waals surface area contributed by atoms with Crippen LogP contribution < -0.4 is 11.0 Å². The highest BCUT2D eigenvalue weighted by atomic mass is 35.5. The van der Waals surface area contributed by atoms with Crippen LogP contribution in [-0.4, -0.2) is 26.5 Å². The molecule has 0 bridgehead atoms. The van der Waals surface area contributed by atoms with Crippen LogP contribution in [0.1, 0.15) is 5.56 Å². The van der Waals surface area contributed by atoms with E-state index in [1.165, 1.54) is 18.3 Å². The molecule has 1 aromatic carbocycles. The van der Waals surface area contributed by atoms with Crippen LogP contribution in [0.25, 0.3) is 0 Å². The fourth-order valence-corrected chi connectivity index (χ4v) is 1.69. The van der Waals surface area contributed by atoms with Crippen molar-refractivity contribution in [2.24, 2.45) is 5.10 Å². The van der Waals surface area contributed by atoms with E-state index in [0.29, 0.717) is 5.56 Å². The van der Waals surface area contributed by atoms with Crippen LogP contribution in [0.3, 0.4) is 0 Å². The largest absolute Gasteiger partial charge is 0.505 e. The maximum Gasteiger partial charge on any atom is 0.271 e. The van der Waals surface area contributed by atoms with Gasteiger partial charge in [0.15, 0.2) is 5.75 Å². The lowest BCUT2D eigenvalue weighted by atomic mass is 10.2. The summed E-state index contributed by atoms with van der Waals surface area (Å²) in [5, 5.41) is 20.5. The number of nitrogens with one attached hydrogen (secondary N) is 2. The molecule has 0 saturated carbocycles. The third-order valence-electron chi connectivity index (χ3n) is 2.00. The topological polar surface area (TPSA) is 103 Å². The zero-order chi connectivity index (χ0) is 13.8. The Kier molecular flexibility index (Phi) is 3.98. The molecule has 0 amide bonds. The van der Waals surface area contributed by atoms with Gasteiger partial charge in [-0.15, -0.1) is 10.2 Å². The molecule has 0 fully saturated rings. The van der Waals surface area contributed by atoms with Gasteiger partial charge in [-0.1, -0.05) is 23.2 Å². The zero-order valence-corrected chi connectivity index (χ0v) is 10.8. The SMILES string of the molecule is O=c1cnnc(N/N=C/c2cc(Cl)c(O)c(Cl)c2)[nH]1. The van der Waals surface area contributed by atoms with E-state index in [4.69, 9.17) is 23.2 Å². The maximum absolute atomic E-state index is 10.9. The van der Waals surface area contributed by atoms with Crippen molar-refractivity contribution >= 4 is 35.4 Å². The van der Waals surface area contributed by atoms with E-state index < -0.39 is 5.56 Å². The molecule has 1 heterocycles. The van der Waals surface area contributed by atoms with E-state index in [-0.39, 0.29) is 21.7 Å². The molecule has 2 aromatic rings. The first-order valence-electron chi connectivity index (χ1n) is 4.95. The van der Waals surface area contributed by atoms with Crippen molar-refractivity contribution in [1.82, 2.24) is 15.2 Å². The maximum atomic E-state index is 10.9. The summed E-state index contributed by atoms with van der Waals surface area (Å²) in [6, 6.07) is 2.96. The second kappa shape index (κ2) is 5.68. The Bertz CT molecular complexity index is 663. The Labute approximate surface area is 116 Å². The van der Waals surface area contributed by atoms with Gasteiger partial charge < -0.3 is 5.11 Å². The van der Waals surface area contributed by atoms with E-state index in [1.807, 2.05) is 0 Å². The van der Waals surface area contributed by atoms with Gasteiger partial charge in [0.2, 0.25) is 5.95 Å². The number of phenols is 1. The van der Waals surface area contributed by atoms with E-state index in [2.05, 4.69) is 25.7 Å². The second-order valence-corrected chi connectivity index (χ2v) is 4.20. The highest BCUT2D eigenvalue weighted by Crippen LogP contribution is 2.32. The van der Waals surface area contributed by atoms with Crippen molar-refractivity contribution in [3.05, 3.63) is 44.3 Å². The summed E-state index contributed by atoms with van der Waals surface area (Å²) in [5.41, 5.74) is 2.64. The predicted octanol–water partition coefficient (Wildman–Crippen LogP) is 1.62. The van der Waals surface area contributed by atoms with Crippen molar-refractivity contribution in [3.8, 4) is 5.75 Å². The zero-order valence-electron chi connectivity index (χ0n) is 9.26. The first-order valence-corrected chi connectivity index (χ1v) is 5.71. The number of nitrogens with zero attached hydrogens (tertiary/aromatic N) is 3. The average Bonchev–Trinajstić information content (AvgIpc) is 2.36. The first-order chi connectivity index (χ1) is 9.06. The number of H-pyrrole nitrogens is 1. The Morgan fingerprint density at radius 3 is 2.68 bits per heavy atom. The summed E-state index contributed by atoms with van der Waals surface area (Å²) in [7, 11) is 0. The molecular weight excluding hydrogens is 293 g/mol. The molecule has 2 rings (SSSR count). The number of hydrogen-bond donors (Lipinski definition) is 3. The number of phenolic OH excluding ortho intramolecular Hbond substituents is 1. The number of benzene rings is 1. The molecule has 0 aliphatic heterocycles. The Balaban J connectivity index is 2.13. The number of aromatic nitrogens is 3. The number of hydrogen-bond acceptors (Lipinski definition) is 6. The third-order valence-corrected chi connectivity index (χ3v) is 2.57. The normalized spacial score (nSPS) is 10.8. The van der Waals surface area contributed by atoms with E-state index in [1.54, 1.807) is 0 Å². The summed E-state index contributed by atoms with van der Waals surface area (Å²) < 4.78 is 0. The first kappa shape index (κ1) is 13.3. The number of anilines is 1. The van der Waals surface area contributed by atoms with Crippen molar-refractivity contribution in [2.75, 3.05) is 5.43 Å². The summed E-state index contributed by atoms with van der Waals surface area (Å²) in [4.78, 5) is 13.3. The molecule has 0 unspecified atom stereocenters. The molecular formula is C10H7Cl2N5O2. The minimum atomic E-state index is -0.400. The quantitative estimate of drug-likeness (QED) is 0.590. The fraction of sp³-hybridized carbons (Fsp3) is 0. The van der Waals surface area contributed by atoms with Gasteiger partial charge in [-0.05, 0) is 17.7 Å². The number of aromatic hydroxyl groups is 1. The Morgan fingerprint density at radius 2 is 2.05 bits per heavy atom. The van der Waals surface area contributed by atoms with Gasteiger partial charge in [0.25, 0.3) is 5.56 Å². The minimum absolute atomic E-state index is 0.0970. The lowest BCUT2D eigenvalue weighted by molar-refractivity contribution is 0.476. The van der Waals surface area contributed by atoms with Crippen LogP contribution >= 0.6 is 23.2 Å². The fourth-order valence-electron chi connectivity index (χ4n) is 1.19. The minimum Gasteiger partial charge on any atom is -0.505 e. The van der Waals surface area contributed by atoms with Crippen LogP contribution in [0.5, 0.6) is 5.75 Å². The molecule has 3 N–H and O–H groups in total. The lowest BCUT2D eigenvalue weighted by Gasteiger charge is -2.01. The van der Waals surface area contributed by atoms with Crippen LogP contribution in [0.15, 0.2) is 28.2 Å². The van der Waals surface area contributed by atoms with Crippen LogP contribution in [0, 0.1) is 0 Å². The molecule has 98 valence electrons. The van der Waals surface area contributed by atoms with E-state index in [9.17, 15) is 9.90 Å². The van der Waals surface area contributed by atoms with Crippen LogP contribution in [-0.2, 0) is 0 Å². The van der Waals surface area contributed by atoms with Crippen molar-refractivity contribution in [2.45, 2.75) is 0 Å². The molecule has 7 nitrogen and oxygen atoms in total. The lowest BCUT2D eigenvalue weighted by Crippen LogP contribution is -2.10. The molecule has 0 spiro atoms. The summed E-state index contributed by atoms with van der Waals surface area (Å²) in [5.74, 6) is -0.0913. The monoisotopic (exact) mass is 299 g/mol. The predicted molar refractivity (Wildman–Crippen MR) is 72.0 cm³/mol. The number of halogens is 2. The summed E-state index contributed by atoms with van der Waals surface area (Å²) in [6.07, 6.45) is 2.43. The van der Waals surface area contributed by atoms with E-state index in [0.717, 1.165) is 6.20 Å². The number of hydrazone groups is 1. The van der Waals surface area contributed by atoms with Gasteiger partial charge >= 0.3 is 0 Å². The van der Waals surface area contributed by atoms with Gasteiger partial charge in [-0.3, -0.25) is 9.78 Å². The second-order valence-electron chi connectivity index (χ2n) is 3.39. The average molecular weight is 300 g/mol. The number of aromatic amines is 1. The van der Waals surface area contributed by atoms with Gasteiger partial charge in [0.05, 0.1) is 16.3 Å². The molecule has 0 atom stereocenters. The van der Waals surface area contributed by atoms with Gasteiger partial charge in [-0.25, -0.2) is 5.43 Å². The highest BCUT2D eigenvalue weighted by Gasteiger charge is 2.05. The molecule has 19 heavy (non-hydrogen) atoms. The molecule has 0 saturated heterocycles. The number of rotatable bonds is 3. The molecule has 1 aromatic heterocycles. The summed E-state index contributed by atoms with van der Waals surface area (Å²) in [6.45, 7) is 0. The third kappa shape index (κ3) is 3.43. The molecule has 0 aliphatic rings. The standard InChI is InChI=1S/C10H7Cl2N5O2/c11-6-1-5(2-7(12)9(6)19)3-13-16-10-15-8(18)4-14-17-10/h1-4,19H,(H2,15,16,17,18)/b13-3+. The van der Waals surface area contributed by atoms with Gasteiger partial charge in [-0.2, -0.15) is 5.10 Å². The molecule has 0 aliphatic carbocycles. The van der Waals surface area contributed by atoms with E-state index >= 15 is 0 Å². The van der Waals surface area contributed by atoms with Crippen LogP contribution in [0.2, 0.25) is 10.0 Å². The Hall–Kier alpha value is -2.12. The summed E-state index contributed by atoms with van der Waals surface area (Å²) >= 11 is 11.5. The van der Waals surface area contributed by atoms with Crippen molar-refractivity contribution in [1.29, 1.82) is 0 Å². The smallest absolute Gasteiger partial charge is 0.271 e. The molecule has 0 radical (unpaired) electrons. The molecule has 9 heteroatoms. The van der Waals surface area contributed by atoms with Gasteiger partial charge in [0.1, 0.15) is 6.20 Å². The highest BCUT2D eigenvalue weighted by molar-refractivity contribution is 6.37. The van der Waals surface area contributed by atoms with Crippen molar-refractivity contribution < 1.29 is 5.11 Å². The van der Waals surface area contributed by atoms with Crippen molar-refractivity contribution in [3.63, 3.8) is 0 Å².